The van der Waals surface area contributed by atoms with Crippen LogP contribution in [0.4, 0.5) is 24.5 Å². The van der Waals surface area contributed by atoms with Crippen molar-refractivity contribution >= 4 is 35.0 Å². The molecule has 0 saturated carbocycles. The molecule has 1 aliphatic rings. The number of rotatable bonds is 8. The van der Waals surface area contributed by atoms with E-state index in [0.717, 1.165) is 17.1 Å². The molecule has 0 spiro atoms. The molecule has 0 unspecified atom stereocenters. The maximum atomic E-state index is 13.6. The van der Waals surface area contributed by atoms with Crippen molar-refractivity contribution in [2.45, 2.75) is 6.18 Å². The number of hydrogen-bond acceptors (Lipinski definition) is 5. The van der Waals surface area contributed by atoms with E-state index >= 15 is 0 Å². The van der Waals surface area contributed by atoms with Crippen LogP contribution in [0.1, 0.15) is 16.7 Å². The lowest BCUT2D eigenvalue weighted by Crippen LogP contribution is -2.22. The van der Waals surface area contributed by atoms with Gasteiger partial charge < -0.3 is 14.8 Å². The highest BCUT2D eigenvalue weighted by Crippen LogP contribution is 2.35. The summed E-state index contributed by atoms with van der Waals surface area (Å²) in [6.45, 7) is -0.263. The van der Waals surface area contributed by atoms with E-state index in [1.165, 1.54) is 19.2 Å². The highest BCUT2D eigenvalue weighted by Gasteiger charge is 2.35. The predicted octanol–water partition coefficient (Wildman–Crippen LogP) is 6.57. The third-order valence-electron chi connectivity index (χ3n) is 6.26. The van der Waals surface area contributed by atoms with E-state index in [1.54, 1.807) is 78.9 Å². The smallest absolute Gasteiger partial charge is 0.416 e. The Hall–Kier alpha value is -5.38. The van der Waals surface area contributed by atoms with Crippen molar-refractivity contribution in [1.29, 1.82) is 0 Å². The van der Waals surface area contributed by atoms with Gasteiger partial charge in [-0.05, 0) is 54.1 Å². The van der Waals surface area contributed by atoms with Crippen LogP contribution in [0, 0.1) is 0 Å². The number of amides is 2. The van der Waals surface area contributed by atoms with Gasteiger partial charge >= 0.3 is 6.18 Å². The number of ether oxygens (including phenoxy) is 2. The fraction of sp³-hybridized carbons (Fsp3) is 0.0938. The first-order valence-corrected chi connectivity index (χ1v) is 12.8. The van der Waals surface area contributed by atoms with Crippen LogP contribution < -0.4 is 19.8 Å². The van der Waals surface area contributed by atoms with Gasteiger partial charge in [-0.15, -0.1) is 0 Å². The Kier molecular flexibility index (Phi) is 8.05. The van der Waals surface area contributed by atoms with Crippen LogP contribution in [0.15, 0.2) is 114 Å². The topological polar surface area (TPSA) is 80.2 Å². The lowest BCUT2D eigenvalue weighted by Gasteiger charge is -2.14. The summed E-state index contributed by atoms with van der Waals surface area (Å²) >= 11 is 0. The molecule has 0 saturated heterocycles. The summed E-state index contributed by atoms with van der Waals surface area (Å²) in [7, 11) is 1.44. The van der Waals surface area contributed by atoms with Gasteiger partial charge in [-0.3, -0.25) is 9.59 Å². The molecule has 0 aliphatic carbocycles. The van der Waals surface area contributed by atoms with Crippen molar-refractivity contribution in [2.75, 3.05) is 24.0 Å². The van der Waals surface area contributed by atoms with E-state index in [0.29, 0.717) is 34.0 Å². The Bertz CT molecular complexity index is 1670. The summed E-state index contributed by atoms with van der Waals surface area (Å²) in [5.74, 6) is -0.326. The van der Waals surface area contributed by atoms with Crippen LogP contribution >= 0.6 is 0 Å². The minimum Gasteiger partial charge on any atom is -0.493 e. The highest BCUT2D eigenvalue weighted by atomic mass is 19.4. The van der Waals surface area contributed by atoms with Crippen LogP contribution in [0.2, 0.25) is 0 Å². The van der Waals surface area contributed by atoms with Gasteiger partial charge in [-0.25, -0.2) is 0 Å². The summed E-state index contributed by atoms with van der Waals surface area (Å²) in [4.78, 5) is 25.9. The number of hydrogen-bond donors (Lipinski definition) is 1. The average Bonchev–Trinajstić information content (AvgIpc) is 3.32. The first-order valence-electron chi connectivity index (χ1n) is 12.8. The van der Waals surface area contributed by atoms with Gasteiger partial charge in [0, 0.05) is 11.3 Å². The molecule has 1 aliphatic heterocycles. The van der Waals surface area contributed by atoms with Crippen LogP contribution in [-0.4, -0.2) is 31.2 Å². The summed E-state index contributed by atoms with van der Waals surface area (Å²) in [5, 5.41) is 8.11. The largest absolute Gasteiger partial charge is 0.493 e. The van der Waals surface area contributed by atoms with Gasteiger partial charge in [-0.2, -0.15) is 23.3 Å². The molecule has 0 atom stereocenters. The fourth-order valence-electron chi connectivity index (χ4n) is 4.26. The van der Waals surface area contributed by atoms with E-state index < -0.39 is 17.6 Å². The minimum atomic E-state index is -4.58. The zero-order valence-electron chi connectivity index (χ0n) is 22.3. The molecule has 5 rings (SSSR count). The molecule has 42 heavy (non-hydrogen) atoms. The Morgan fingerprint density at radius 3 is 2.31 bits per heavy atom. The summed E-state index contributed by atoms with van der Waals surface area (Å²) < 4.78 is 51.2. The Morgan fingerprint density at radius 2 is 1.62 bits per heavy atom. The van der Waals surface area contributed by atoms with Gasteiger partial charge in [0.2, 0.25) is 0 Å². The fourth-order valence-corrected chi connectivity index (χ4v) is 4.26. The number of benzene rings is 4. The molecule has 1 heterocycles. The molecular weight excluding hydrogens is 547 g/mol. The number of methoxy groups -OCH3 is 1. The molecule has 7 nitrogen and oxygen atoms in total. The van der Waals surface area contributed by atoms with Gasteiger partial charge in [0.15, 0.2) is 18.1 Å². The van der Waals surface area contributed by atoms with Crippen LogP contribution in [0.5, 0.6) is 11.5 Å². The van der Waals surface area contributed by atoms with E-state index in [1.807, 2.05) is 6.07 Å². The zero-order chi connectivity index (χ0) is 29.7. The molecule has 1 N–H and O–H groups in total. The monoisotopic (exact) mass is 571 g/mol. The summed E-state index contributed by atoms with van der Waals surface area (Å²) in [5.41, 5.74) is 1.37. The molecular formula is C32H24F3N3O4. The molecule has 10 heteroatoms. The second kappa shape index (κ2) is 12.0. The number of carbonyl (C=O) groups is 2. The Labute approximate surface area is 239 Å². The van der Waals surface area contributed by atoms with Crippen LogP contribution in [0.25, 0.3) is 6.08 Å². The SMILES string of the molecule is COc1cc(/C=C2\C(=O)N(c3cccc(C(F)(F)F)c3)N=C2c2ccccc2)ccc1OCC(=O)Nc1ccccc1. The van der Waals surface area contributed by atoms with Gasteiger partial charge in [0.1, 0.15) is 5.71 Å². The normalized spacial score (nSPS) is 14.1. The highest BCUT2D eigenvalue weighted by molar-refractivity contribution is 6.37. The van der Waals surface area contributed by atoms with Crippen LogP contribution in [0.3, 0.4) is 0 Å². The molecule has 0 radical (unpaired) electrons. The van der Waals surface area contributed by atoms with Crippen molar-refractivity contribution in [2.24, 2.45) is 5.10 Å². The molecule has 2 amide bonds. The quantitative estimate of drug-likeness (QED) is 0.243. The average molecular weight is 572 g/mol. The molecule has 4 aromatic carbocycles. The maximum Gasteiger partial charge on any atom is 0.416 e. The van der Waals surface area contributed by atoms with Crippen molar-refractivity contribution in [3.63, 3.8) is 0 Å². The number of para-hydroxylation sites is 1. The lowest BCUT2D eigenvalue weighted by molar-refractivity contribution is -0.137. The number of hydrazone groups is 1. The van der Waals surface area contributed by atoms with E-state index in [4.69, 9.17) is 9.47 Å². The van der Waals surface area contributed by atoms with Crippen molar-refractivity contribution in [3.8, 4) is 11.5 Å². The predicted molar refractivity (Wildman–Crippen MR) is 153 cm³/mol. The second-order valence-corrected chi connectivity index (χ2v) is 9.15. The van der Waals surface area contributed by atoms with Crippen LogP contribution in [-0.2, 0) is 15.8 Å². The van der Waals surface area contributed by atoms with Gasteiger partial charge in [-0.1, -0.05) is 60.7 Å². The first kappa shape index (κ1) is 28.2. The minimum absolute atomic E-state index is 0.0123. The Balaban J connectivity index is 1.42. The van der Waals surface area contributed by atoms with E-state index in [-0.39, 0.29) is 23.8 Å². The lowest BCUT2D eigenvalue weighted by atomic mass is 10.00. The number of nitrogens with one attached hydrogen (secondary N) is 1. The number of halogens is 3. The molecule has 212 valence electrons. The third kappa shape index (κ3) is 6.33. The Morgan fingerprint density at radius 1 is 0.905 bits per heavy atom. The van der Waals surface area contributed by atoms with E-state index in [9.17, 15) is 22.8 Å². The number of nitrogens with zero attached hydrogens (tertiary/aromatic N) is 2. The van der Waals surface area contributed by atoms with Gasteiger partial charge in [0.05, 0.1) is 23.9 Å². The first-order chi connectivity index (χ1) is 20.2. The van der Waals surface area contributed by atoms with Gasteiger partial charge in [0.25, 0.3) is 11.8 Å². The molecule has 0 aromatic heterocycles. The van der Waals surface area contributed by atoms with Crippen molar-refractivity contribution < 1.29 is 32.2 Å². The molecule has 0 fully saturated rings. The molecule has 0 bridgehead atoms. The molecule has 4 aromatic rings. The summed E-state index contributed by atoms with van der Waals surface area (Å²) in [6.07, 6.45) is -3.00. The van der Waals surface area contributed by atoms with Crippen molar-refractivity contribution in [1.82, 2.24) is 0 Å². The third-order valence-corrected chi connectivity index (χ3v) is 6.26. The second-order valence-electron chi connectivity index (χ2n) is 9.15. The number of alkyl halides is 3. The van der Waals surface area contributed by atoms with E-state index in [2.05, 4.69) is 10.4 Å². The zero-order valence-corrected chi connectivity index (χ0v) is 22.3. The van der Waals surface area contributed by atoms with Crippen molar-refractivity contribution in [3.05, 3.63) is 125 Å². The summed E-state index contributed by atoms with van der Waals surface area (Å²) in [6, 6.07) is 27.2. The standard InChI is InChI=1S/C32H24F3N3O4/c1-41-28-18-21(15-16-27(28)42-20-29(39)36-24-12-6-3-7-13-24)17-26-30(22-9-4-2-5-10-22)37-38(31(26)40)25-14-8-11-23(19-25)32(33,34)35/h2-19H,20H2,1H3,(H,36,39)/b26-17-. The maximum absolute atomic E-state index is 13.6. The number of carbonyl (C=O) groups excluding carboxylic acids is 2. The number of anilines is 2.